The Morgan fingerprint density at radius 3 is 2.88 bits per heavy atom. The summed E-state index contributed by atoms with van der Waals surface area (Å²) in [5.41, 5.74) is 1.52. The van der Waals surface area contributed by atoms with E-state index in [1.807, 2.05) is 24.3 Å². The van der Waals surface area contributed by atoms with E-state index in [1.54, 1.807) is 0 Å². The van der Waals surface area contributed by atoms with Gasteiger partial charge in [0, 0.05) is 12.1 Å². The molecular formula is C19H25N3O3. The first-order valence-electron chi connectivity index (χ1n) is 8.98. The van der Waals surface area contributed by atoms with E-state index < -0.39 is 0 Å². The molecule has 0 spiro atoms. The number of carbonyl (C=O) groups is 3. The maximum absolute atomic E-state index is 12.3. The van der Waals surface area contributed by atoms with Crippen LogP contribution in [0, 0.1) is 11.8 Å². The van der Waals surface area contributed by atoms with Gasteiger partial charge in [0.2, 0.25) is 11.8 Å². The Morgan fingerprint density at radius 2 is 2.16 bits per heavy atom. The molecule has 4 amide bonds. The summed E-state index contributed by atoms with van der Waals surface area (Å²) in [5, 5.41) is 5.45. The second kappa shape index (κ2) is 7.68. The van der Waals surface area contributed by atoms with Crippen molar-refractivity contribution in [3.05, 3.63) is 29.8 Å². The van der Waals surface area contributed by atoms with E-state index in [-0.39, 0.29) is 30.9 Å². The molecule has 2 atom stereocenters. The summed E-state index contributed by atoms with van der Waals surface area (Å²) in [4.78, 5) is 36.8. The minimum absolute atomic E-state index is 0.0336. The van der Waals surface area contributed by atoms with Crippen LogP contribution in [0.3, 0.4) is 0 Å². The molecule has 1 aliphatic carbocycles. The molecule has 0 radical (unpaired) electrons. The zero-order valence-electron chi connectivity index (χ0n) is 14.6. The zero-order chi connectivity index (χ0) is 17.8. The monoisotopic (exact) mass is 343 g/mol. The summed E-state index contributed by atoms with van der Waals surface area (Å²) in [6.07, 6.45) is 5.29. The van der Waals surface area contributed by atoms with Gasteiger partial charge in [0.25, 0.3) is 0 Å². The van der Waals surface area contributed by atoms with Gasteiger partial charge in [0.15, 0.2) is 0 Å². The fourth-order valence-corrected chi connectivity index (χ4v) is 3.76. The maximum atomic E-state index is 12.3. The predicted octanol–water partition coefficient (Wildman–Crippen LogP) is 2.89. The average Bonchev–Trinajstić information content (AvgIpc) is 2.87. The lowest BCUT2D eigenvalue weighted by Crippen LogP contribution is -2.30. The van der Waals surface area contributed by atoms with Crippen LogP contribution in [0.4, 0.5) is 10.5 Å². The number of imide groups is 1. The molecule has 0 aromatic heterocycles. The van der Waals surface area contributed by atoms with Crippen LogP contribution in [0.25, 0.3) is 0 Å². The Bertz CT molecular complexity index is 658. The van der Waals surface area contributed by atoms with E-state index in [1.165, 1.54) is 17.7 Å². The normalized spacial score (nSPS) is 23.5. The lowest BCUT2D eigenvalue weighted by atomic mass is 9.81. The largest absolute Gasteiger partial charge is 0.329 e. The highest BCUT2D eigenvalue weighted by Crippen LogP contribution is 2.30. The number of amides is 4. The Kier molecular flexibility index (Phi) is 5.36. The fraction of sp³-hybridized carbons (Fsp3) is 0.526. The number of nitrogens with zero attached hydrogens (tertiary/aromatic N) is 1. The first-order chi connectivity index (χ1) is 12.0. The van der Waals surface area contributed by atoms with Crippen LogP contribution in [-0.2, 0) is 16.1 Å². The minimum atomic E-state index is -0.370. The number of carbonyl (C=O) groups excluding carboxylic acids is 3. The van der Waals surface area contributed by atoms with E-state index >= 15 is 0 Å². The molecule has 2 unspecified atom stereocenters. The molecule has 0 bridgehead atoms. The standard InChI is InChI=1S/C19H25N3O3/c1-13-4-2-5-14(8-13)10-17(23)21-16-7-3-6-15(9-16)12-22-18(24)11-20-19(22)25/h3,6-7,9,13-14H,2,4-5,8,10-12H2,1H3,(H,20,25)(H,21,23). The van der Waals surface area contributed by atoms with E-state index in [0.29, 0.717) is 23.9 Å². The van der Waals surface area contributed by atoms with Crippen LogP contribution in [0.1, 0.15) is 44.6 Å². The summed E-state index contributed by atoms with van der Waals surface area (Å²) >= 11 is 0. The molecule has 1 saturated carbocycles. The number of hydrogen-bond acceptors (Lipinski definition) is 3. The molecule has 1 saturated heterocycles. The highest BCUT2D eigenvalue weighted by molar-refractivity contribution is 6.01. The lowest BCUT2D eigenvalue weighted by Gasteiger charge is -2.26. The van der Waals surface area contributed by atoms with Gasteiger partial charge in [-0.1, -0.05) is 31.9 Å². The summed E-state index contributed by atoms with van der Waals surface area (Å²) in [6.45, 7) is 2.52. The van der Waals surface area contributed by atoms with Crippen molar-refractivity contribution in [3.8, 4) is 0 Å². The van der Waals surface area contributed by atoms with Crippen LogP contribution < -0.4 is 10.6 Å². The summed E-state index contributed by atoms with van der Waals surface area (Å²) < 4.78 is 0. The van der Waals surface area contributed by atoms with Crippen molar-refractivity contribution >= 4 is 23.5 Å². The van der Waals surface area contributed by atoms with Gasteiger partial charge in [0.1, 0.15) is 0 Å². The number of rotatable bonds is 5. The van der Waals surface area contributed by atoms with Gasteiger partial charge in [-0.3, -0.25) is 14.5 Å². The molecule has 1 aromatic carbocycles. The minimum Gasteiger partial charge on any atom is -0.329 e. The molecule has 6 nitrogen and oxygen atoms in total. The van der Waals surface area contributed by atoms with Gasteiger partial charge in [0.05, 0.1) is 13.1 Å². The second-order valence-corrected chi connectivity index (χ2v) is 7.23. The van der Waals surface area contributed by atoms with Crippen molar-refractivity contribution in [2.45, 2.75) is 45.6 Å². The topological polar surface area (TPSA) is 78.5 Å². The molecule has 2 N–H and O–H groups in total. The van der Waals surface area contributed by atoms with Gasteiger partial charge in [-0.25, -0.2) is 4.79 Å². The van der Waals surface area contributed by atoms with Gasteiger partial charge >= 0.3 is 6.03 Å². The fourth-order valence-electron chi connectivity index (χ4n) is 3.76. The van der Waals surface area contributed by atoms with E-state index in [2.05, 4.69) is 17.6 Å². The van der Waals surface area contributed by atoms with E-state index in [4.69, 9.17) is 0 Å². The number of anilines is 1. The summed E-state index contributed by atoms with van der Waals surface area (Å²) in [7, 11) is 0. The quantitative estimate of drug-likeness (QED) is 0.807. The molecule has 25 heavy (non-hydrogen) atoms. The Balaban J connectivity index is 1.56. The first kappa shape index (κ1) is 17.5. The third kappa shape index (κ3) is 4.59. The molecular weight excluding hydrogens is 318 g/mol. The van der Waals surface area contributed by atoms with Crippen molar-refractivity contribution in [1.82, 2.24) is 10.2 Å². The third-order valence-electron chi connectivity index (χ3n) is 5.01. The molecule has 134 valence electrons. The van der Waals surface area contributed by atoms with Crippen molar-refractivity contribution < 1.29 is 14.4 Å². The number of urea groups is 1. The van der Waals surface area contributed by atoms with Crippen LogP contribution in [0.15, 0.2) is 24.3 Å². The second-order valence-electron chi connectivity index (χ2n) is 7.23. The van der Waals surface area contributed by atoms with E-state index in [0.717, 1.165) is 18.4 Å². The van der Waals surface area contributed by atoms with Crippen molar-refractivity contribution in [2.75, 3.05) is 11.9 Å². The zero-order valence-corrected chi connectivity index (χ0v) is 14.6. The Labute approximate surface area is 148 Å². The predicted molar refractivity (Wildman–Crippen MR) is 94.8 cm³/mol. The Morgan fingerprint density at radius 1 is 1.32 bits per heavy atom. The highest BCUT2D eigenvalue weighted by Gasteiger charge is 2.28. The number of nitrogens with one attached hydrogen (secondary N) is 2. The molecule has 1 aliphatic heterocycles. The Hall–Kier alpha value is -2.37. The number of hydrogen-bond donors (Lipinski definition) is 2. The van der Waals surface area contributed by atoms with Gasteiger partial charge < -0.3 is 10.6 Å². The first-order valence-corrected chi connectivity index (χ1v) is 8.98. The molecule has 3 rings (SSSR count). The molecule has 1 heterocycles. The van der Waals surface area contributed by atoms with E-state index in [9.17, 15) is 14.4 Å². The number of benzene rings is 1. The maximum Gasteiger partial charge on any atom is 0.324 e. The van der Waals surface area contributed by atoms with Gasteiger partial charge in [-0.15, -0.1) is 0 Å². The van der Waals surface area contributed by atoms with Crippen LogP contribution in [0.5, 0.6) is 0 Å². The van der Waals surface area contributed by atoms with Crippen molar-refractivity contribution in [2.24, 2.45) is 11.8 Å². The van der Waals surface area contributed by atoms with Crippen LogP contribution in [0.2, 0.25) is 0 Å². The van der Waals surface area contributed by atoms with Crippen LogP contribution in [-0.4, -0.2) is 29.3 Å². The van der Waals surface area contributed by atoms with Gasteiger partial charge in [-0.05, 0) is 42.4 Å². The molecule has 1 aromatic rings. The molecule has 2 aliphatic rings. The lowest BCUT2D eigenvalue weighted by molar-refractivity contribution is -0.125. The average molecular weight is 343 g/mol. The molecule has 2 fully saturated rings. The molecule has 6 heteroatoms. The highest BCUT2D eigenvalue weighted by atomic mass is 16.2. The van der Waals surface area contributed by atoms with Crippen LogP contribution >= 0.6 is 0 Å². The summed E-state index contributed by atoms with van der Waals surface area (Å²) in [6, 6.07) is 6.95. The smallest absolute Gasteiger partial charge is 0.324 e. The SMILES string of the molecule is CC1CCCC(CC(=O)Nc2cccc(CN3C(=O)CNC3=O)c2)C1. The van der Waals surface area contributed by atoms with Crippen molar-refractivity contribution in [1.29, 1.82) is 0 Å². The van der Waals surface area contributed by atoms with Crippen molar-refractivity contribution in [3.63, 3.8) is 0 Å². The third-order valence-corrected chi connectivity index (χ3v) is 5.01. The summed E-state index contributed by atoms with van der Waals surface area (Å²) in [5.74, 6) is 0.981. The van der Waals surface area contributed by atoms with Gasteiger partial charge in [-0.2, -0.15) is 0 Å².